The Hall–Kier alpha value is -2.00. The summed E-state index contributed by atoms with van der Waals surface area (Å²) in [7, 11) is 4.15. The fourth-order valence-electron chi connectivity index (χ4n) is 4.68. The molecule has 2 aromatic rings. The highest BCUT2D eigenvalue weighted by atomic mass is 16.3. The maximum absolute atomic E-state index is 9.81. The molecule has 2 aliphatic carbocycles. The van der Waals surface area contributed by atoms with Gasteiger partial charge < -0.3 is 15.3 Å². The molecule has 0 aliphatic heterocycles. The standard InChI is InChI=1S/C22H28N2O/c1-24(2)20-8-3-15(4-9-20)14-23-22-17-5-6-18(22)12-19-13-21(25)10-7-16(19)11-17/h3-4,7-10,13,17-18,22-23,25H,5-6,11-12,14H2,1-2H3. The second-order valence-electron chi connectivity index (χ2n) is 7.93. The normalized spacial score (nSPS) is 24.6. The van der Waals surface area contributed by atoms with Gasteiger partial charge in [0.25, 0.3) is 0 Å². The number of hydrogen-bond donors (Lipinski definition) is 2. The largest absolute Gasteiger partial charge is 0.508 e. The number of fused-ring (bicyclic) bond motifs is 3. The number of phenols is 1. The number of hydrogen-bond acceptors (Lipinski definition) is 3. The molecule has 0 amide bonds. The number of benzene rings is 2. The molecule has 3 nitrogen and oxygen atoms in total. The second-order valence-corrected chi connectivity index (χ2v) is 7.93. The van der Waals surface area contributed by atoms with E-state index in [0.29, 0.717) is 17.7 Å². The molecule has 1 saturated carbocycles. The van der Waals surface area contributed by atoms with Crippen LogP contribution in [0.2, 0.25) is 0 Å². The van der Waals surface area contributed by atoms with Crippen molar-refractivity contribution in [2.24, 2.45) is 11.8 Å². The molecule has 0 radical (unpaired) electrons. The number of nitrogens with zero attached hydrogens (tertiary/aromatic N) is 1. The van der Waals surface area contributed by atoms with Gasteiger partial charge in [0.1, 0.15) is 5.75 Å². The summed E-state index contributed by atoms with van der Waals surface area (Å²) in [4.78, 5) is 2.13. The van der Waals surface area contributed by atoms with Crippen LogP contribution in [0.3, 0.4) is 0 Å². The maximum atomic E-state index is 9.81. The van der Waals surface area contributed by atoms with Crippen LogP contribution in [0.4, 0.5) is 5.69 Å². The van der Waals surface area contributed by atoms with Gasteiger partial charge in [-0.1, -0.05) is 18.2 Å². The van der Waals surface area contributed by atoms with Crippen molar-refractivity contribution in [3.05, 3.63) is 59.2 Å². The molecule has 0 saturated heterocycles. The van der Waals surface area contributed by atoms with Crippen LogP contribution < -0.4 is 10.2 Å². The quantitative estimate of drug-likeness (QED) is 0.893. The lowest BCUT2D eigenvalue weighted by Crippen LogP contribution is -2.37. The minimum atomic E-state index is 0.405. The minimum absolute atomic E-state index is 0.405. The van der Waals surface area contributed by atoms with Gasteiger partial charge in [-0.15, -0.1) is 0 Å². The predicted molar refractivity (Wildman–Crippen MR) is 103 cm³/mol. The summed E-state index contributed by atoms with van der Waals surface area (Å²) in [6, 6.07) is 15.4. The SMILES string of the molecule is CN(C)c1ccc(CNC2C3CCC2Cc2cc(O)ccc2C3)cc1. The van der Waals surface area contributed by atoms with Crippen molar-refractivity contribution in [2.75, 3.05) is 19.0 Å². The Kier molecular flexibility index (Phi) is 4.43. The highest BCUT2D eigenvalue weighted by Crippen LogP contribution is 2.40. The van der Waals surface area contributed by atoms with Crippen LogP contribution in [0.5, 0.6) is 5.75 Å². The zero-order chi connectivity index (χ0) is 17.4. The average Bonchev–Trinajstić information content (AvgIpc) is 2.88. The molecule has 3 atom stereocenters. The van der Waals surface area contributed by atoms with E-state index in [1.54, 1.807) is 0 Å². The molecular weight excluding hydrogens is 308 g/mol. The number of rotatable bonds is 4. The number of phenolic OH excluding ortho intramolecular Hbond substituents is 1. The van der Waals surface area contributed by atoms with Crippen LogP contribution >= 0.6 is 0 Å². The van der Waals surface area contributed by atoms with E-state index in [1.807, 2.05) is 12.1 Å². The lowest BCUT2D eigenvalue weighted by molar-refractivity contribution is 0.340. The Morgan fingerprint density at radius 2 is 1.64 bits per heavy atom. The Morgan fingerprint density at radius 3 is 2.32 bits per heavy atom. The van der Waals surface area contributed by atoms with E-state index in [-0.39, 0.29) is 0 Å². The first-order chi connectivity index (χ1) is 12.1. The summed E-state index contributed by atoms with van der Waals surface area (Å²) >= 11 is 0. The van der Waals surface area contributed by atoms with Crippen molar-refractivity contribution in [1.82, 2.24) is 5.32 Å². The summed E-state index contributed by atoms with van der Waals surface area (Å²) in [5.41, 5.74) is 5.39. The van der Waals surface area contributed by atoms with Gasteiger partial charge in [-0.05, 0) is 78.5 Å². The molecule has 3 heteroatoms. The Balaban J connectivity index is 1.45. The van der Waals surface area contributed by atoms with Gasteiger partial charge in [0.2, 0.25) is 0 Å². The van der Waals surface area contributed by atoms with Crippen LogP contribution in [0.25, 0.3) is 0 Å². The molecule has 0 spiro atoms. The van der Waals surface area contributed by atoms with Crippen molar-refractivity contribution in [2.45, 2.75) is 38.3 Å². The van der Waals surface area contributed by atoms with E-state index in [0.717, 1.165) is 25.3 Å². The minimum Gasteiger partial charge on any atom is -0.508 e. The molecule has 25 heavy (non-hydrogen) atoms. The molecule has 2 aliphatic rings. The van der Waals surface area contributed by atoms with Crippen LogP contribution in [-0.2, 0) is 19.4 Å². The number of aromatic hydroxyl groups is 1. The van der Waals surface area contributed by atoms with Crippen molar-refractivity contribution in [3.8, 4) is 5.75 Å². The van der Waals surface area contributed by atoms with Gasteiger partial charge >= 0.3 is 0 Å². The zero-order valence-corrected chi connectivity index (χ0v) is 15.2. The molecule has 132 valence electrons. The molecule has 4 rings (SSSR count). The Labute approximate surface area is 150 Å². The monoisotopic (exact) mass is 336 g/mol. The zero-order valence-electron chi connectivity index (χ0n) is 15.2. The van der Waals surface area contributed by atoms with Crippen molar-refractivity contribution in [1.29, 1.82) is 0 Å². The first kappa shape index (κ1) is 16.5. The summed E-state index contributed by atoms with van der Waals surface area (Å²) in [5, 5.41) is 13.7. The van der Waals surface area contributed by atoms with Gasteiger partial charge in [0.15, 0.2) is 0 Å². The first-order valence-corrected chi connectivity index (χ1v) is 9.40. The molecule has 2 aromatic carbocycles. The molecule has 0 aromatic heterocycles. The third kappa shape index (κ3) is 3.38. The third-order valence-electron chi connectivity index (χ3n) is 6.07. The molecule has 0 heterocycles. The van der Waals surface area contributed by atoms with E-state index < -0.39 is 0 Å². The topological polar surface area (TPSA) is 35.5 Å². The van der Waals surface area contributed by atoms with E-state index in [9.17, 15) is 5.11 Å². The second kappa shape index (κ2) is 6.72. The van der Waals surface area contributed by atoms with E-state index in [1.165, 1.54) is 35.2 Å². The van der Waals surface area contributed by atoms with Gasteiger partial charge in [0, 0.05) is 32.4 Å². The Bertz CT molecular complexity index is 738. The van der Waals surface area contributed by atoms with Crippen LogP contribution in [0.15, 0.2) is 42.5 Å². The smallest absolute Gasteiger partial charge is 0.115 e. The number of anilines is 1. The first-order valence-electron chi connectivity index (χ1n) is 9.40. The van der Waals surface area contributed by atoms with E-state index in [4.69, 9.17) is 0 Å². The van der Waals surface area contributed by atoms with Crippen LogP contribution in [-0.4, -0.2) is 25.2 Å². The highest BCUT2D eigenvalue weighted by molar-refractivity contribution is 5.46. The van der Waals surface area contributed by atoms with Crippen LogP contribution in [0, 0.1) is 11.8 Å². The maximum Gasteiger partial charge on any atom is 0.115 e. The van der Waals surface area contributed by atoms with Gasteiger partial charge in [-0.2, -0.15) is 0 Å². The third-order valence-corrected chi connectivity index (χ3v) is 6.07. The highest BCUT2D eigenvalue weighted by Gasteiger charge is 2.38. The van der Waals surface area contributed by atoms with Gasteiger partial charge in [-0.25, -0.2) is 0 Å². The summed E-state index contributed by atoms with van der Waals surface area (Å²) < 4.78 is 0. The summed E-state index contributed by atoms with van der Waals surface area (Å²) in [6.07, 6.45) is 4.86. The molecule has 2 N–H and O–H groups in total. The average molecular weight is 336 g/mol. The van der Waals surface area contributed by atoms with Gasteiger partial charge in [-0.3, -0.25) is 0 Å². The summed E-state index contributed by atoms with van der Waals surface area (Å²) in [6.45, 7) is 0.937. The molecule has 2 bridgehead atoms. The van der Waals surface area contributed by atoms with E-state index in [2.05, 4.69) is 54.6 Å². The fraction of sp³-hybridized carbons (Fsp3) is 0.455. The number of nitrogens with one attached hydrogen (secondary N) is 1. The predicted octanol–water partition coefficient (Wildman–Crippen LogP) is 3.74. The van der Waals surface area contributed by atoms with Crippen molar-refractivity contribution in [3.63, 3.8) is 0 Å². The fourth-order valence-corrected chi connectivity index (χ4v) is 4.68. The Morgan fingerprint density at radius 1 is 0.960 bits per heavy atom. The lowest BCUT2D eigenvalue weighted by Gasteiger charge is -2.24. The summed E-state index contributed by atoms with van der Waals surface area (Å²) in [5.74, 6) is 1.81. The lowest BCUT2D eigenvalue weighted by atomic mass is 9.93. The molecule has 1 fully saturated rings. The van der Waals surface area contributed by atoms with Gasteiger partial charge in [0.05, 0.1) is 0 Å². The molecular formula is C22H28N2O. The van der Waals surface area contributed by atoms with Crippen molar-refractivity contribution < 1.29 is 5.11 Å². The molecule has 3 unspecified atom stereocenters. The van der Waals surface area contributed by atoms with Crippen molar-refractivity contribution >= 4 is 5.69 Å². The van der Waals surface area contributed by atoms with Crippen LogP contribution in [0.1, 0.15) is 29.5 Å². The van der Waals surface area contributed by atoms with E-state index >= 15 is 0 Å².